The van der Waals surface area contributed by atoms with Crippen LogP contribution in [0.3, 0.4) is 0 Å². The van der Waals surface area contributed by atoms with Crippen molar-refractivity contribution in [2.24, 2.45) is 12.0 Å². The second kappa shape index (κ2) is 5.17. The van der Waals surface area contributed by atoms with Gasteiger partial charge in [-0.3, -0.25) is 4.99 Å². The number of fused-ring (bicyclic) bond motifs is 1. The molecule has 2 aromatic carbocycles. The Morgan fingerprint density at radius 1 is 1.20 bits per heavy atom. The highest BCUT2D eigenvalue weighted by molar-refractivity contribution is 5.88. The number of nitrogens with zero attached hydrogens (tertiary/aromatic N) is 3. The Labute approximate surface area is 117 Å². The molecule has 0 atom stereocenters. The molecule has 0 spiro atoms. The van der Waals surface area contributed by atoms with Crippen LogP contribution in [0.5, 0.6) is 5.75 Å². The van der Waals surface area contributed by atoms with E-state index in [0.29, 0.717) is 0 Å². The van der Waals surface area contributed by atoms with Gasteiger partial charge < -0.3 is 9.30 Å². The smallest absolute Gasteiger partial charge is 0.144 e. The van der Waals surface area contributed by atoms with Crippen LogP contribution in [0.1, 0.15) is 5.56 Å². The zero-order chi connectivity index (χ0) is 13.9. The zero-order valence-corrected chi connectivity index (χ0v) is 11.4. The molecular formula is C16H15N3O. The lowest BCUT2D eigenvalue weighted by atomic mass is 10.2. The van der Waals surface area contributed by atoms with Gasteiger partial charge in [0.25, 0.3) is 0 Å². The van der Waals surface area contributed by atoms with Crippen molar-refractivity contribution < 1.29 is 4.74 Å². The zero-order valence-electron chi connectivity index (χ0n) is 11.4. The molecule has 0 fully saturated rings. The van der Waals surface area contributed by atoms with Crippen LogP contribution >= 0.6 is 0 Å². The van der Waals surface area contributed by atoms with Crippen LogP contribution in [0.15, 0.2) is 53.8 Å². The predicted molar refractivity (Wildman–Crippen MR) is 81.0 cm³/mol. The molecule has 0 aliphatic heterocycles. The molecule has 3 rings (SSSR count). The van der Waals surface area contributed by atoms with Gasteiger partial charge in [-0.25, -0.2) is 4.98 Å². The Morgan fingerprint density at radius 3 is 2.90 bits per heavy atom. The van der Waals surface area contributed by atoms with Crippen LogP contribution in [-0.2, 0) is 7.05 Å². The first-order chi connectivity index (χ1) is 9.78. The average Bonchev–Trinajstić information content (AvgIpc) is 2.86. The summed E-state index contributed by atoms with van der Waals surface area (Å²) in [5, 5.41) is 0. The molecule has 100 valence electrons. The Balaban J connectivity index is 1.95. The third kappa shape index (κ3) is 2.28. The van der Waals surface area contributed by atoms with Crippen molar-refractivity contribution in [2.75, 3.05) is 7.11 Å². The van der Waals surface area contributed by atoms with Crippen LogP contribution in [0.25, 0.3) is 11.0 Å². The highest BCUT2D eigenvalue weighted by Crippen LogP contribution is 2.26. The summed E-state index contributed by atoms with van der Waals surface area (Å²) < 4.78 is 7.28. The van der Waals surface area contributed by atoms with Gasteiger partial charge in [0.05, 0.1) is 24.5 Å². The predicted octanol–water partition coefficient (Wildman–Crippen LogP) is 3.33. The van der Waals surface area contributed by atoms with Gasteiger partial charge in [0.1, 0.15) is 11.4 Å². The summed E-state index contributed by atoms with van der Waals surface area (Å²) in [6.45, 7) is 0. The minimum absolute atomic E-state index is 0.769. The molecule has 0 aliphatic carbocycles. The largest absolute Gasteiger partial charge is 0.494 e. The number of hydrogen-bond donors (Lipinski definition) is 0. The number of ether oxygens (including phenoxy) is 1. The molecule has 3 aromatic rings. The SMILES string of the molecule is COc1ccccc1N=Cc1ccc2ncn(C)c2c1. The first kappa shape index (κ1) is 12.4. The maximum Gasteiger partial charge on any atom is 0.144 e. The lowest BCUT2D eigenvalue weighted by molar-refractivity contribution is 0.416. The van der Waals surface area contributed by atoms with E-state index in [1.54, 1.807) is 7.11 Å². The molecule has 1 heterocycles. The maximum atomic E-state index is 5.28. The molecule has 0 saturated carbocycles. The number of benzene rings is 2. The van der Waals surface area contributed by atoms with Crippen molar-refractivity contribution in [3.05, 3.63) is 54.4 Å². The molecule has 20 heavy (non-hydrogen) atoms. The summed E-state index contributed by atoms with van der Waals surface area (Å²) in [6.07, 6.45) is 3.65. The lowest BCUT2D eigenvalue weighted by Gasteiger charge is -2.02. The molecule has 0 aliphatic rings. The van der Waals surface area contributed by atoms with Crippen molar-refractivity contribution in [1.29, 1.82) is 0 Å². The standard InChI is InChI=1S/C16H15N3O/c1-19-11-18-13-8-7-12(9-15(13)19)10-17-14-5-3-4-6-16(14)20-2/h3-11H,1-2H3. The lowest BCUT2D eigenvalue weighted by Crippen LogP contribution is -1.87. The fourth-order valence-corrected chi connectivity index (χ4v) is 2.10. The first-order valence-electron chi connectivity index (χ1n) is 6.36. The summed E-state index contributed by atoms with van der Waals surface area (Å²) in [4.78, 5) is 8.79. The summed E-state index contributed by atoms with van der Waals surface area (Å²) >= 11 is 0. The van der Waals surface area contributed by atoms with Gasteiger partial charge in [-0.2, -0.15) is 0 Å². The van der Waals surface area contributed by atoms with Gasteiger partial charge in [-0.15, -0.1) is 0 Å². The van der Waals surface area contributed by atoms with Gasteiger partial charge in [0, 0.05) is 13.3 Å². The third-order valence-electron chi connectivity index (χ3n) is 3.19. The second-order valence-electron chi connectivity index (χ2n) is 4.53. The highest BCUT2D eigenvalue weighted by Gasteiger charge is 2.01. The van der Waals surface area contributed by atoms with Crippen LogP contribution < -0.4 is 4.74 Å². The number of aliphatic imine (C=N–C) groups is 1. The summed E-state index contributed by atoms with van der Waals surface area (Å²) in [6, 6.07) is 13.8. The summed E-state index contributed by atoms with van der Waals surface area (Å²) in [5.41, 5.74) is 3.93. The van der Waals surface area contributed by atoms with E-state index in [0.717, 1.165) is 28.0 Å². The number of para-hydroxylation sites is 2. The Bertz CT molecular complexity index is 774. The van der Waals surface area contributed by atoms with Gasteiger partial charge in [0.15, 0.2) is 0 Å². The highest BCUT2D eigenvalue weighted by atomic mass is 16.5. The van der Waals surface area contributed by atoms with Crippen LogP contribution in [0, 0.1) is 0 Å². The maximum absolute atomic E-state index is 5.28. The van der Waals surface area contributed by atoms with E-state index in [-0.39, 0.29) is 0 Å². The number of methoxy groups -OCH3 is 1. The molecule has 0 N–H and O–H groups in total. The summed E-state index contributed by atoms with van der Waals surface area (Å²) in [5.74, 6) is 0.769. The van der Waals surface area contributed by atoms with E-state index >= 15 is 0 Å². The van der Waals surface area contributed by atoms with E-state index in [1.807, 2.05) is 60.6 Å². The van der Waals surface area contributed by atoms with Crippen molar-refractivity contribution in [3.63, 3.8) is 0 Å². The Morgan fingerprint density at radius 2 is 2.05 bits per heavy atom. The number of rotatable bonds is 3. The fourth-order valence-electron chi connectivity index (χ4n) is 2.10. The minimum Gasteiger partial charge on any atom is -0.494 e. The summed E-state index contributed by atoms with van der Waals surface area (Å²) in [7, 11) is 3.63. The van der Waals surface area contributed by atoms with Gasteiger partial charge in [-0.1, -0.05) is 18.2 Å². The van der Waals surface area contributed by atoms with Gasteiger partial charge in [0.2, 0.25) is 0 Å². The molecule has 0 saturated heterocycles. The fraction of sp³-hybridized carbons (Fsp3) is 0.125. The van der Waals surface area contributed by atoms with Gasteiger partial charge in [-0.05, 0) is 29.8 Å². The molecule has 1 aromatic heterocycles. The third-order valence-corrected chi connectivity index (χ3v) is 3.19. The number of aromatic nitrogens is 2. The topological polar surface area (TPSA) is 39.4 Å². The second-order valence-corrected chi connectivity index (χ2v) is 4.53. The van der Waals surface area contributed by atoms with Crippen molar-refractivity contribution in [2.45, 2.75) is 0 Å². The molecule has 0 unspecified atom stereocenters. The van der Waals surface area contributed by atoms with Gasteiger partial charge >= 0.3 is 0 Å². The van der Waals surface area contributed by atoms with E-state index in [4.69, 9.17) is 4.74 Å². The average molecular weight is 265 g/mol. The minimum atomic E-state index is 0.769. The molecule has 0 amide bonds. The molecule has 0 bridgehead atoms. The van der Waals surface area contributed by atoms with Crippen LogP contribution in [0.2, 0.25) is 0 Å². The van der Waals surface area contributed by atoms with Crippen LogP contribution in [0.4, 0.5) is 5.69 Å². The van der Waals surface area contributed by atoms with Crippen molar-refractivity contribution >= 4 is 22.9 Å². The Kier molecular flexibility index (Phi) is 3.21. The van der Waals surface area contributed by atoms with E-state index in [9.17, 15) is 0 Å². The number of imidazole rings is 1. The first-order valence-corrected chi connectivity index (χ1v) is 6.36. The normalized spacial score (nSPS) is 11.3. The number of hydrogen-bond acceptors (Lipinski definition) is 3. The monoisotopic (exact) mass is 265 g/mol. The molecule has 4 nitrogen and oxygen atoms in total. The van der Waals surface area contributed by atoms with E-state index in [1.165, 1.54) is 0 Å². The quantitative estimate of drug-likeness (QED) is 0.681. The van der Waals surface area contributed by atoms with Crippen molar-refractivity contribution in [3.8, 4) is 5.75 Å². The van der Waals surface area contributed by atoms with Crippen LogP contribution in [-0.4, -0.2) is 22.9 Å². The number of aryl methyl sites for hydroxylation is 1. The van der Waals surface area contributed by atoms with E-state index in [2.05, 4.69) is 16.0 Å². The van der Waals surface area contributed by atoms with E-state index < -0.39 is 0 Å². The molecule has 4 heteroatoms. The van der Waals surface area contributed by atoms with Crippen molar-refractivity contribution in [1.82, 2.24) is 9.55 Å². The molecular weight excluding hydrogens is 250 g/mol. The molecule has 0 radical (unpaired) electrons. The Hall–Kier alpha value is -2.62.